The Labute approximate surface area is 106 Å². The van der Waals surface area contributed by atoms with Crippen LogP contribution < -0.4 is 0 Å². The molecule has 0 radical (unpaired) electrons. The van der Waals surface area contributed by atoms with Crippen LogP contribution in [0.1, 0.15) is 12.5 Å². The SMILES string of the molecule is COC(=O)C(C(=O)OC)/C(C)=C/c1ccccc1. The van der Waals surface area contributed by atoms with Gasteiger partial charge in [0, 0.05) is 0 Å². The van der Waals surface area contributed by atoms with Gasteiger partial charge < -0.3 is 9.47 Å². The lowest BCUT2D eigenvalue weighted by Gasteiger charge is -2.13. The van der Waals surface area contributed by atoms with E-state index in [4.69, 9.17) is 0 Å². The number of ether oxygens (including phenoxy) is 2. The summed E-state index contributed by atoms with van der Waals surface area (Å²) in [6.45, 7) is 1.70. The zero-order valence-electron chi connectivity index (χ0n) is 10.7. The summed E-state index contributed by atoms with van der Waals surface area (Å²) in [7, 11) is 2.49. The van der Waals surface area contributed by atoms with Gasteiger partial charge in [0.05, 0.1) is 14.2 Å². The van der Waals surface area contributed by atoms with Crippen molar-refractivity contribution < 1.29 is 19.1 Å². The molecular weight excluding hydrogens is 232 g/mol. The monoisotopic (exact) mass is 248 g/mol. The van der Waals surface area contributed by atoms with Crippen molar-refractivity contribution in [3.05, 3.63) is 41.5 Å². The maximum Gasteiger partial charge on any atom is 0.324 e. The van der Waals surface area contributed by atoms with Crippen LogP contribution in [-0.2, 0) is 19.1 Å². The number of hydrogen-bond donors (Lipinski definition) is 0. The van der Waals surface area contributed by atoms with Crippen LogP contribution in [0.2, 0.25) is 0 Å². The molecule has 96 valence electrons. The van der Waals surface area contributed by atoms with Crippen LogP contribution in [0.3, 0.4) is 0 Å². The fourth-order valence-electron chi connectivity index (χ4n) is 1.60. The van der Waals surface area contributed by atoms with Crippen molar-refractivity contribution in [1.29, 1.82) is 0 Å². The van der Waals surface area contributed by atoms with Gasteiger partial charge in [0.15, 0.2) is 5.92 Å². The summed E-state index contributed by atoms with van der Waals surface area (Å²) >= 11 is 0. The third-order valence-corrected chi connectivity index (χ3v) is 2.52. The van der Waals surface area contributed by atoms with Gasteiger partial charge in [0.2, 0.25) is 0 Å². The number of carbonyl (C=O) groups excluding carboxylic acids is 2. The van der Waals surface area contributed by atoms with Gasteiger partial charge in [-0.25, -0.2) is 0 Å². The molecule has 0 aromatic heterocycles. The molecule has 1 rings (SSSR count). The smallest absolute Gasteiger partial charge is 0.324 e. The molecule has 0 bridgehead atoms. The fourth-order valence-corrected chi connectivity index (χ4v) is 1.60. The van der Waals surface area contributed by atoms with Gasteiger partial charge in [0.25, 0.3) is 0 Å². The molecule has 0 spiro atoms. The molecule has 1 aromatic carbocycles. The van der Waals surface area contributed by atoms with E-state index >= 15 is 0 Å². The third-order valence-electron chi connectivity index (χ3n) is 2.52. The molecule has 0 fully saturated rings. The highest BCUT2D eigenvalue weighted by molar-refractivity contribution is 5.99. The maximum atomic E-state index is 11.6. The van der Waals surface area contributed by atoms with E-state index in [2.05, 4.69) is 9.47 Å². The summed E-state index contributed by atoms with van der Waals surface area (Å²) in [4.78, 5) is 23.2. The van der Waals surface area contributed by atoms with E-state index in [1.54, 1.807) is 13.0 Å². The molecular formula is C14H16O4. The van der Waals surface area contributed by atoms with Crippen molar-refractivity contribution >= 4 is 18.0 Å². The Morgan fingerprint density at radius 3 is 2.00 bits per heavy atom. The second kappa shape index (κ2) is 6.59. The molecule has 0 heterocycles. The summed E-state index contributed by atoms with van der Waals surface area (Å²) in [6, 6.07) is 9.42. The van der Waals surface area contributed by atoms with Crippen LogP contribution in [-0.4, -0.2) is 26.2 Å². The lowest BCUT2D eigenvalue weighted by molar-refractivity contribution is -0.156. The van der Waals surface area contributed by atoms with Gasteiger partial charge in [-0.2, -0.15) is 0 Å². The molecule has 0 saturated carbocycles. The summed E-state index contributed by atoms with van der Waals surface area (Å²) < 4.78 is 9.23. The second-order valence-corrected chi connectivity index (χ2v) is 3.78. The molecule has 0 aliphatic carbocycles. The molecule has 4 nitrogen and oxygen atoms in total. The van der Waals surface area contributed by atoms with Crippen molar-refractivity contribution in [3.63, 3.8) is 0 Å². The minimum absolute atomic E-state index is 0.583. The predicted molar refractivity (Wildman–Crippen MR) is 67.6 cm³/mol. The Bertz CT molecular complexity index is 432. The predicted octanol–water partition coefficient (Wildman–Crippen LogP) is 2.05. The van der Waals surface area contributed by atoms with E-state index < -0.39 is 17.9 Å². The minimum Gasteiger partial charge on any atom is -0.468 e. The number of rotatable bonds is 4. The Morgan fingerprint density at radius 1 is 1.06 bits per heavy atom. The van der Waals surface area contributed by atoms with Crippen LogP contribution in [0.25, 0.3) is 6.08 Å². The number of carbonyl (C=O) groups is 2. The van der Waals surface area contributed by atoms with E-state index in [0.29, 0.717) is 5.57 Å². The average Bonchev–Trinajstić information content (AvgIpc) is 2.39. The van der Waals surface area contributed by atoms with Gasteiger partial charge in [-0.3, -0.25) is 9.59 Å². The highest BCUT2D eigenvalue weighted by atomic mass is 16.5. The first kappa shape index (κ1) is 14.0. The lowest BCUT2D eigenvalue weighted by atomic mass is 9.98. The first-order valence-electron chi connectivity index (χ1n) is 5.49. The Morgan fingerprint density at radius 2 is 1.56 bits per heavy atom. The van der Waals surface area contributed by atoms with E-state index in [-0.39, 0.29) is 0 Å². The second-order valence-electron chi connectivity index (χ2n) is 3.78. The molecule has 0 aliphatic heterocycles. The first-order valence-corrected chi connectivity index (χ1v) is 5.49. The Hall–Kier alpha value is -2.10. The van der Waals surface area contributed by atoms with Gasteiger partial charge >= 0.3 is 11.9 Å². The largest absolute Gasteiger partial charge is 0.468 e. The van der Waals surface area contributed by atoms with Crippen LogP contribution in [0.15, 0.2) is 35.9 Å². The van der Waals surface area contributed by atoms with E-state index in [9.17, 15) is 9.59 Å². The van der Waals surface area contributed by atoms with E-state index in [1.165, 1.54) is 14.2 Å². The third kappa shape index (κ3) is 3.45. The summed E-state index contributed by atoms with van der Waals surface area (Å²) in [5.41, 5.74) is 1.49. The van der Waals surface area contributed by atoms with E-state index in [1.807, 2.05) is 30.3 Å². The maximum absolute atomic E-state index is 11.6. The number of esters is 2. The highest BCUT2D eigenvalue weighted by Crippen LogP contribution is 2.17. The van der Waals surface area contributed by atoms with Crippen LogP contribution in [0.5, 0.6) is 0 Å². The van der Waals surface area contributed by atoms with Crippen molar-refractivity contribution in [2.75, 3.05) is 14.2 Å². The molecule has 0 unspecified atom stereocenters. The number of methoxy groups -OCH3 is 2. The zero-order chi connectivity index (χ0) is 13.5. The van der Waals surface area contributed by atoms with E-state index in [0.717, 1.165) is 5.56 Å². The number of benzene rings is 1. The van der Waals surface area contributed by atoms with Crippen molar-refractivity contribution in [1.82, 2.24) is 0 Å². The number of hydrogen-bond acceptors (Lipinski definition) is 4. The van der Waals surface area contributed by atoms with Crippen molar-refractivity contribution in [2.45, 2.75) is 6.92 Å². The van der Waals surface area contributed by atoms with Gasteiger partial charge in [-0.15, -0.1) is 0 Å². The zero-order valence-corrected chi connectivity index (χ0v) is 10.7. The normalized spacial score (nSPS) is 11.2. The molecule has 0 saturated heterocycles. The quantitative estimate of drug-likeness (QED) is 0.604. The standard InChI is InChI=1S/C14H16O4/c1-10(9-11-7-5-4-6-8-11)12(13(15)17-2)14(16)18-3/h4-9,12H,1-3H3/b10-9+. The summed E-state index contributed by atoms with van der Waals surface area (Å²) in [6.07, 6.45) is 1.76. The van der Waals surface area contributed by atoms with Crippen LogP contribution in [0.4, 0.5) is 0 Å². The summed E-state index contributed by atoms with van der Waals surface area (Å²) in [5.74, 6) is -2.25. The molecule has 0 N–H and O–H groups in total. The topological polar surface area (TPSA) is 52.6 Å². The molecule has 0 atom stereocenters. The van der Waals surface area contributed by atoms with Gasteiger partial charge in [0.1, 0.15) is 0 Å². The molecule has 0 aliphatic rings. The van der Waals surface area contributed by atoms with Crippen molar-refractivity contribution in [3.8, 4) is 0 Å². The lowest BCUT2D eigenvalue weighted by Crippen LogP contribution is -2.27. The fraction of sp³-hybridized carbons (Fsp3) is 0.286. The molecule has 18 heavy (non-hydrogen) atoms. The van der Waals surface area contributed by atoms with Crippen molar-refractivity contribution in [2.24, 2.45) is 5.92 Å². The summed E-state index contributed by atoms with van der Waals surface area (Å²) in [5, 5.41) is 0. The van der Waals surface area contributed by atoms with Gasteiger partial charge in [-0.05, 0) is 18.1 Å². The van der Waals surface area contributed by atoms with Crippen LogP contribution in [0, 0.1) is 5.92 Å². The first-order chi connectivity index (χ1) is 8.60. The minimum atomic E-state index is -1.01. The Kier molecular flexibility index (Phi) is 5.11. The van der Waals surface area contributed by atoms with Crippen LogP contribution >= 0.6 is 0 Å². The Balaban J connectivity index is 3.03. The molecule has 4 heteroatoms. The molecule has 0 amide bonds. The van der Waals surface area contributed by atoms with Gasteiger partial charge in [-0.1, -0.05) is 36.4 Å². The molecule has 1 aromatic rings. The average molecular weight is 248 g/mol. The highest BCUT2D eigenvalue weighted by Gasteiger charge is 2.30.